The van der Waals surface area contributed by atoms with E-state index in [4.69, 9.17) is 0 Å². The number of hydrogen-bond donors (Lipinski definition) is 1. The topological polar surface area (TPSA) is 68.8 Å². The number of rotatable bonds is 7. The Labute approximate surface area is 179 Å². The number of piperazine rings is 1. The van der Waals surface area contributed by atoms with Gasteiger partial charge in [-0.3, -0.25) is 19.4 Å². The van der Waals surface area contributed by atoms with Gasteiger partial charge < -0.3 is 10.2 Å². The van der Waals surface area contributed by atoms with E-state index in [1.54, 1.807) is 4.90 Å². The van der Waals surface area contributed by atoms with Gasteiger partial charge in [-0.05, 0) is 30.7 Å². The highest BCUT2D eigenvalue weighted by Crippen LogP contribution is 2.25. The van der Waals surface area contributed by atoms with E-state index in [0.29, 0.717) is 30.3 Å². The number of hydrogen-bond acceptors (Lipinski definition) is 6. The molecule has 0 unspecified atom stereocenters. The Balaban J connectivity index is 1.15. The van der Waals surface area contributed by atoms with Gasteiger partial charge in [0.2, 0.25) is 11.8 Å². The third-order valence-corrected chi connectivity index (χ3v) is 6.41. The molecule has 160 valence electrons. The number of halogens is 1. The molecule has 0 bridgehead atoms. The molecule has 0 saturated carbocycles. The molecule has 1 N–H and O–H groups in total. The van der Waals surface area contributed by atoms with Crippen molar-refractivity contribution in [3.8, 4) is 0 Å². The summed E-state index contributed by atoms with van der Waals surface area (Å²) < 4.78 is 13.1. The average Bonchev–Trinajstić information content (AvgIpc) is 3.38. The van der Waals surface area contributed by atoms with Crippen molar-refractivity contribution in [3.63, 3.8) is 0 Å². The van der Waals surface area contributed by atoms with Crippen LogP contribution in [-0.4, -0.2) is 67.5 Å². The molecule has 2 aromatic rings. The van der Waals surface area contributed by atoms with Gasteiger partial charge in [0.25, 0.3) is 0 Å². The summed E-state index contributed by atoms with van der Waals surface area (Å²) in [6.07, 6.45) is 1.68. The summed E-state index contributed by atoms with van der Waals surface area (Å²) in [5.74, 6) is -0.157. The summed E-state index contributed by atoms with van der Waals surface area (Å²) in [5, 5.41) is 5.51. The molecule has 0 spiro atoms. The maximum absolute atomic E-state index is 13.1. The van der Waals surface area contributed by atoms with Crippen LogP contribution in [0.4, 0.5) is 15.2 Å². The van der Waals surface area contributed by atoms with Crippen LogP contribution in [0.5, 0.6) is 0 Å². The zero-order chi connectivity index (χ0) is 20.9. The van der Waals surface area contributed by atoms with Crippen molar-refractivity contribution in [3.05, 3.63) is 41.2 Å². The van der Waals surface area contributed by atoms with Gasteiger partial charge in [-0.25, -0.2) is 9.37 Å². The molecular weight excluding hydrogens is 405 g/mol. The van der Waals surface area contributed by atoms with E-state index in [-0.39, 0.29) is 24.1 Å². The smallest absolute Gasteiger partial charge is 0.228 e. The number of benzene rings is 1. The predicted molar refractivity (Wildman–Crippen MR) is 115 cm³/mol. The number of anilines is 2. The Kier molecular flexibility index (Phi) is 6.59. The highest BCUT2D eigenvalue weighted by molar-refractivity contribution is 7.14. The number of thiazole rings is 1. The Bertz CT molecular complexity index is 880. The average molecular weight is 432 g/mol. The van der Waals surface area contributed by atoms with Crippen molar-refractivity contribution >= 4 is 34.0 Å². The Morgan fingerprint density at radius 3 is 2.60 bits per heavy atom. The third-order valence-electron chi connectivity index (χ3n) is 5.50. The fourth-order valence-electron chi connectivity index (χ4n) is 3.81. The number of nitrogens with one attached hydrogen (secondary N) is 1. The number of aromatic nitrogens is 1. The van der Waals surface area contributed by atoms with Gasteiger partial charge >= 0.3 is 0 Å². The molecular formula is C21H26FN5O2S. The van der Waals surface area contributed by atoms with Crippen molar-refractivity contribution in [1.82, 2.24) is 15.2 Å². The van der Waals surface area contributed by atoms with Crippen LogP contribution < -0.4 is 15.1 Å². The molecule has 0 aliphatic carbocycles. The first-order valence-corrected chi connectivity index (χ1v) is 11.2. The molecule has 9 heteroatoms. The van der Waals surface area contributed by atoms with E-state index < -0.39 is 0 Å². The van der Waals surface area contributed by atoms with Crippen LogP contribution >= 0.6 is 11.3 Å². The van der Waals surface area contributed by atoms with Gasteiger partial charge in [-0.2, -0.15) is 0 Å². The first kappa shape index (κ1) is 20.7. The number of nitrogens with zero attached hydrogens (tertiary/aromatic N) is 4. The molecule has 2 fully saturated rings. The van der Waals surface area contributed by atoms with Crippen LogP contribution in [0.25, 0.3) is 0 Å². The molecule has 7 nitrogen and oxygen atoms in total. The molecule has 3 heterocycles. The minimum Gasteiger partial charge on any atom is -0.369 e. The standard InChI is InChI=1S/C21H26FN5O2S/c22-16-3-5-18(6-4-16)26-12-10-25(11-13-26)9-7-23-19(28)14-17-15-30-21(24-17)27-8-1-2-20(27)29/h3-6,15H,1-2,7-14H2,(H,23,28). The van der Waals surface area contributed by atoms with Crippen LogP contribution in [0, 0.1) is 5.82 Å². The second-order valence-corrected chi connectivity index (χ2v) is 8.44. The summed E-state index contributed by atoms with van der Waals surface area (Å²) in [7, 11) is 0. The highest BCUT2D eigenvalue weighted by Gasteiger charge is 2.24. The minimum absolute atomic E-state index is 0.0513. The largest absolute Gasteiger partial charge is 0.369 e. The van der Waals surface area contributed by atoms with Crippen LogP contribution in [0.2, 0.25) is 0 Å². The highest BCUT2D eigenvalue weighted by atomic mass is 32.1. The minimum atomic E-state index is -0.216. The summed E-state index contributed by atoms with van der Waals surface area (Å²) in [4.78, 5) is 34.8. The van der Waals surface area contributed by atoms with Gasteiger partial charge in [0.1, 0.15) is 5.82 Å². The lowest BCUT2D eigenvalue weighted by Gasteiger charge is -2.36. The van der Waals surface area contributed by atoms with Crippen molar-refractivity contribution < 1.29 is 14.0 Å². The fourth-order valence-corrected chi connectivity index (χ4v) is 4.68. The van der Waals surface area contributed by atoms with Gasteiger partial charge in [0.15, 0.2) is 5.13 Å². The first-order valence-electron chi connectivity index (χ1n) is 10.3. The van der Waals surface area contributed by atoms with Gasteiger partial charge in [-0.1, -0.05) is 0 Å². The van der Waals surface area contributed by atoms with Crippen LogP contribution in [0.1, 0.15) is 18.5 Å². The third kappa shape index (κ3) is 5.14. The molecule has 0 atom stereocenters. The lowest BCUT2D eigenvalue weighted by molar-refractivity contribution is -0.120. The molecule has 4 rings (SSSR count). The van der Waals surface area contributed by atoms with Crippen LogP contribution in [0.3, 0.4) is 0 Å². The summed E-state index contributed by atoms with van der Waals surface area (Å²) in [6, 6.07) is 6.61. The number of carbonyl (C=O) groups excluding carboxylic acids is 2. The normalized spacial score (nSPS) is 17.6. The predicted octanol–water partition coefficient (Wildman–Crippen LogP) is 1.89. The van der Waals surface area contributed by atoms with Gasteiger partial charge in [0.05, 0.1) is 12.1 Å². The summed E-state index contributed by atoms with van der Waals surface area (Å²) in [5.41, 5.74) is 1.75. The monoisotopic (exact) mass is 431 g/mol. The van der Waals surface area contributed by atoms with E-state index in [0.717, 1.165) is 44.8 Å². The van der Waals surface area contributed by atoms with Gasteiger partial charge in [-0.15, -0.1) is 11.3 Å². The second-order valence-electron chi connectivity index (χ2n) is 7.60. The molecule has 30 heavy (non-hydrogen) atoms. The molecule has 2 aliphatic rings. The van der Waals surface area contributed by atoms with E-state index in [9.17, 15) is 14.0 Å². The van der Waals surface area contributed by atoms with Crippen molar-refractivity contribution in [2.75, 3.05) is 55.6 Å². The molecule has 2 aliphatic heterocycles. The van der Waals surface area contributed by atoms with E-state index in [2.05, 4.69) is 20.1 Å². The zero-order valence-electron chi connectivity index (χ0n) is 16.8. The maximum Gasteiger partial charge on any atom is 0.228 e. The Morgan fingerprint density at radius 1 is 1.13 bits per heavy atom. The van der Waals surface area contributed by atoms with E-state index >= 15 is 0 Å². The molecule has 1 aromatic heterocycles. The molecule has 2 amide bonds. The summed E-state index contributed by atoms with van der Waals surface area (Å²) in [6.45, 7) is 5.70. The summed E-state index contributed by atoms with van der Waals surface area (Å²) >= 11 is 1.42. The quantitative estimate of drug-likeness (QED) is 0.725. The van der Waals surface area contributed by atoms with Crippen LogP contribution in [0.15, 0.2) is 29.6 Å². The number of carbonyl (C=O) groups is 2. The lowest BCUT2D eigenvalue weighted by Crippen LogP contribution is -2.48. The Hall–Kier alpha value is -2.52. The van der Waals surface area contributed by atoms with Gasteiger partial charge in [0, 0.05) is 63.3 Å². The molecule has 2 saturated heterocycles. The van der Waals surface area contributed by atoms with Crippen molar-refractivity contribution in [1.29, 1.82) is 0 Å². The van der Waals surface area contributed by atoms with E-state index in [1.807, 2.05) is 17.5 Å². The fraction of sp³-hybridized carbons (Fsp3) is 0.476. The van der Waals surface area contributed by atoms with Crippen molar-refractivity contribution in [2.45, 2.75) is 19.3 Å². The SMILES string of the molecule is O=C(Cc1csc(N2CCCC2=O)n1)NCCN1CCN(c2ccc(F)cc2)CC1. The zero-order valence-corrected chi connectivity index (χ0v) is 17.7. The lowest BCUT2D eigenvalue weighted by atomic mass is 10.2. The van der Waals surface area contributed by atoms with E-state index in [1.165, 1.54) is 23.5 Å². The molecule has 0 radical (unpaired) electrons. The Morgan fingerprint density at radius 2 is 1.90 bits per heavy atom. The maximum atomic E-state index is 13.1. The first-order chi connectivity index (χ1) is 14.6. The second kappa shape index (κ2) is 9.53. The van der Waals surface area contributed by atoms with Crippen LogP contribution in [-0.2, 0) is 16.0 Å². The van der Waals surface area contributed by atoms with Crippen molar-refractivity contribution in [2.24, 2.45) is 0 Å². The number of amides is 2. The molecule has 1 aromatic carbocycles.